The van der Waals surface area contributed by atoms with Gasteiger partial charge in [0.1, 0.15) is 0 Å². The van der Waals surface area contributed by atoms with Gasteiger partial charge in [0.05, 0.1) is 0 Å². The molecule has 0 amide bonds. The Hall–Kier alpha value is 0.440. The van der Waals surface area contributed by atoms with Crippen LogP contribution in [0.15, 0.2) is 0 Å². The van der Waals surface area contributed by atoms with Gasteiger partial charge in [-0.05, 0) is 31.6 Å². The molecule has 54 valence electrons. The van der Waals surface area contributed by atoms with Gasteiger partial charge in [0, 0.05) is 11.4 Å². The quantitative estimate of drug-likeness (QED) is 0.631. The molecule has 0 atom stereocenters. The molecule has 0 radical (unpaired) electrons. The van der Waals surface area contributed by atoms with E-state index in [9.17, 15) is 0 Å². The van der Waals surface area contributed by atoms with Crippen LogP contribution in [0.4, 0.5) is 0 Å². The van der Waals surface area contributed by atoms with Crippen molar-refractivity contribution in [1.82, 2.24) is 0 Å². The standard InChI is InChI=1S/C7H13BrO/c8-7-3-1-6(5-9)2-4-7/h6-7,9H,1-5H2. The Balaban J connectivity index is 2.18. The Morgan fingerprint density at radius 3 is 2.22 bits per heavy atom. The van der Waals surface area contributed by atoms with Crippen LogP contribution in [0.25, 0.3) is 0 Å². The van der Waals surface area contributed by atoms with Gasteiger partial charge in [0.25, 0.3) is 0 Å². The fraction of sp³-hybridized carbons (Fsp3) is 1.00. The van der Waals surface area contributed by atoms with Gasteiger partial charge in [-0.15, -0.1) is 0 Å². The first kappa shape index (κ1) is 7.55. The van der Waals surface area contributed by atoms with Gasteiger partial charge in [0.2, 0.25) is 0 Å². The van der Waals surface area contributed by atoms with E-state index in [0.29, 0.717) is 12.5 Å². The maximum Gasteiger partial charge on any atom is 0.0459 e. The van der Waals surface area contributed by atoms with E-state index in [-0.39, 0.29) is 0 Å². The van der Waals surface area contributed by atoms with Crippen LogP contribution in [0.2, 0.25) is 0 Å². The van der Waals surface area contributed by atoms with E-state index in [1.54, 1.807) is 0 Å². The third-order valence-electron chi connectivity index (χ3n) is 2.03. The lowest BCUT2D eigenvalue weighted by Gasteiger charge is -2.22. The Morgan fingerprint density at radius 1 is 1.22 bits per heavy atom. The summed E-state index contributed by atoms with van der Waals surface area (Å²) in [4.78, 5) is 0.722. The van der Waals surface area contributed by atoms with Crippen LogP contribution < -0.4 is 0 Å². The summed E-state index contributed by atoms with van der Waals surface area (Å²) in [7, 11) is 0. The van der Waals surface area contributed by atoms with Crippen molar-refractivity contribution < 1.29 is 5.11 Å². The number of alkyl halides is 1. The van der Waals surface area contributed by atoms with Crippen molar-refractivity contribution in [2.24, 2.45) is 5.92 Å². The lowest BCUT2D eigenvalue weighted by Crippen LogP contribution is -2.16. The van der Waals surface area contributed by atoms with Gasteiger partial charge >= 0.3 is 0 Å². The average molecular weight is 193 g/mol. The van der Waals surface area contributed by atoms with Crippen molar-refractivity contribution >= 4 is 15.9 Å². The molecule has 1 N–H and O–H groups in total. The van der Waals surface area contributed by atoms with Crippen LogP contribution in [-0.4, -0.2) is 16.5 Å². The SMILES string of the molecule is OCC1CCC(Br)CC1. The number of halogens is 1. The summed E-state index contributed by atoms with van der Waals surface area (Å²) in [6, 6.07) is 0. The topological polar surface area (TPSA) is 20.2 Å². The first-order chi connectivity index (χ1) is 4.33. The van der Waals surface area contributed by atoms with E-state index in [1.165, 1.54) is 25.7 Å². The smallest absolute Gasteiger partial charge is 0.0459 e. The fourth-order valence-corrected chi connectivity index (χ4v) is 1.83. The third kappa shape index (κ3) is 2.26. The van der Waals surface area contributed by atoms with Gasteiger partial charge < -0.3 is 5.11 Å². The maximum absolute atomic E-state index is 8.76. The number of aliphatic hydroxyl groups is 1. The Kier molecular flexibility index (Phi) is 2.99. The minimum atomic E-state index is 0.389. The highest BCUT2D eigenvalue weighted by atomic mass is 79.9. The molecule has 2 heteroatoms. The molecular weight excluding hydrogens is 180 g/mol. The molecular formula is C7H13BrO. The summed E-state index contributed by atoms with van der Waals surface area (Å²) in [6.45, 7) is 0.389. The van der Waals surface area contributed by atoms with Gasteiger partial charge in [-0.2, -0.15) is 0 Å². The molecule has 0 bridgehead atoms. The molecule has 1 aliphatic rings. The second-order valence-corrected chi connectivity index (χ2v) is 4.10. The summed E-state index contributed by atoms with van der Waals surface area (Å²) < 4.78 is 0. The van der Waals surface area contributed by atoms with Gasteiger partial charge in [-0.1, -0.05) is 15.9 Å². The third-order valence-corrected chi connectivity index (χ3v) is 2.95. The van der Waals surface area contributed by atoms with Gasteiger partial charge in [-0.3, -0.25) is 0 Å². The molecule has 0 unspecified atom stereocenters. The van der Waals surface area contributed by atoms with Crippen molar-refractivity contribution in [2.75, 3.05) is 6.61 Å². The number of hydrogen-bond donors (Lipinski definition) is 1. The van der Waals surface area contributed by atoms with Gasteiger partial charge in [-0.25, -0.2) is 0 Å². The fourth-order valence-electron chi connectivity index (χ4n) is 1.30. The van der Waals surface area contributed by atoms with Crippen LogP contribution in [0.1, 0.15) is 25.7 Å². The molecule has 0 aromatic heterocycles. The minimum Gasteiger partial charge on any atom is -0.396 e. The predicted molar refractivity (Wildman–Crippen MR) is 41.8 cm³/mol. The summed E-state index contributed by atoms with van der Waals surface area (Å²) in [5.41, 5.74) is 0. The molecule has 1 aliphatic carbocycles. The molecule has 0 aromatic carbocycles. The van der Waals surface area contributed by atoms with Crippen molar-refractivity contribution in [2.45, 2.75) is 30.5 Å². The van der Waals surface area contributed by atoms with Crippen LogP contribution in [0, 0.1) is 5.92 Å². The van der Waals surface area contributed by atoms with Crippen molar-refractivity contribution in [3.05, 3.63) is 0 Å². The van der Waals surface area contributed by atoms with Gasteiger partial charge in [0.15, 0.2) is 0 Å². The highest BCUT2D eigenvalue weighted by Gasteiger charge is 2.17. The second kappa shape index (κ2) is 3.57. The van der Waals surface area contributed by atoms with Crippen molar-refractivity contribution in [3.8, 4) is 0 Å². The first-order valence-corrected chi connectivity index (χ1v) is 4.49. The molecule has 0 heterocycles. The second-order valence-electron chi connectivity index (χ2n) is 2.80. The average Bonchev–Trinajstić information content (AvgIpc) is 1.90. The van der Waals surface area contributed by atoms with E-state index >= 15 is 0 Å². The zero-order chi connectivity index (χ0) is 6.69. The van der Waals surface area contributed by atoms with Crippen molar-refractivity contribution in [3.63, 3.8) is 0 Å². The van der Waals surface area contributed by atoms with E-state index in [0.717, 1.165) is 4.83 Å². The summed E-state index contributed by atoms with van der Waals surface area (Å²) in [5.74, 6) is 0.596. The molecule has 0 saturated heterocycles. The molecule has 0 aliphatic heterocycles. The molecule has 0 aromatic rings. The predicted octanol–water partition coefficient (Wildman–Crippen LogP) is 1.93. The summed E-state index contributed by atoms with van der Waals surface area (Å²) >= 11 is 3.56. The lowest BCUT2D eigenvalue weighted by atomic mass is 9.90. The van der Waals surface area contributed by atoms with Crippen LogP contribution >= 0.6 is 15.9 Å². The zero-order valence-electron chi connectivity index (χ0n) is 5.52. The van der Waals surface area contributed by atoms with E-state index in [2.05, 4.69) is 15.9 Å². The van der Waals surface area contributed by atoms with E-state index < -0.39 is 0 Å². The number of aliphatic hydroxyl groups excluding tert-OH is 1. The van der Waals surface area contributed by atoms with Crippen LogP contribution in [-0.2, 0) is 0 Å². The molecule has 0 spiro atoms. The number of hydrogen-bond acceptors (Lipinski definition) is 1. The van der Waals surface area contributed by atoms with Crippen molar-refractivity contribution in [1.29, 1.82) is 0 Å². The zero-order valence-corrected chi connectivity index (χ0v) is 7.10. The highest BCUT2D eigenvalue weighted by Crippen LogP contribution is 2.27. The normalized spacial score (nSPS) is 36.7. The number of rotatable bonds is 1. The Labute approximate surface area is 64.6 Å². The molecule has 1 nitrogen and oxygen atoms in total. The largest absolute Gasteiger partial charge is 0.396 e. The van der Waals surface area contributed by atoms with Crippen LogP contribution in [0.3, 0.4) is 0 Å². The summed E-state index contributed by atoms with van der Waals surface area (Å²) in [6.07, 6.45) is 4.88. The molecule has 1 fully saturated rings. The molecule has 9 heavy (non-hydrogen) atoms. The van der Waals surface area contributed by atoms with Crippen LogP contribution in [0.5, 0.6) is 0 Å². The highest BCUT2D eigenvalue weighted by molar-refractivity contribution is 9.09. The van der Waals surface area contributed by atoms with E-state index in [4.69, 9.17) is 5.11 Å². The van der Waals surface area contributed by atoms with E-state index in [1.807, 2.05) is 0 Å². The molecule has 1 saturated carbocycles. The monoisotopic (exact) mass is 192 g/mol. The summed E-state index contributed by atoms with van der Waals surface area (Å²) in [5, 5.41) is 8.76. The Morgan fingerprint density at radius 2 is 1.78 bits per heavy atom. The lowest BCUT2D eigenvalue weighted by molar-refractivity contribution is 0.192. The minimum absolute atomic E-state index is 0.389. The maximum atomic E-state index is 8.76. The first-order valence-electron chi connectivity index (χ1n) is 3.58. The Bertz CT molecular complexity index is 77.0. The molecule has 1 rings (SSSR count).